The van der Waals surface area contributed by atoms with Crippen LogP contribution >= 0.6 is 11.3 Å². The molecule has 1 amide bonds. The lowest BCUT2D eigenvalue weighted by Gasteiger charge is -2.29. The van der Waals surface area contributed by atoms with Crippen molar-refractivity contribution >= 4 is 23.2 Å². The third kappa shape index (κ3) is 4.05. The number of nitrogens with zero attached hydrogens (tertiary/aromatic N) is 1. The van der Waals surface area contributed by atoms with E-state index in [9.17, 15) is 14.7 Å². The van der Waals surface area contributed by atoms with Crippen molar-refractivity contribution in [3.05, 3.63) is 22.4 Å². The average molecular weight is 298 g/mol. The molecule has 0 radical (unpaired) electrons. The normalized spacial score (nSPS) is 11.3. The Labute approximate surface area is 123 Å². The van der Waals surface area contributed by atoms with Crippen LogP contribution in [0.1, 0.15) is 31.6 Å². The van der Waals surface area contributed by atoms with Gasteiger partial charge < -0.3 is 10.0 Å². The maximum absolute atomic E-state index is 12.0. The summed E-state index contributed by atoms with van der Waals surface area (Å²) in [4.78, 5) is 26.1. The molecule has 0 saturated heterocycles. The minimum absolute atomic E-state index is 0.0376. The molecule has 0 spiro atoms. The Bertz CT molecular complexity index is 441. The number of thiophene rings is 1. The lowest BCUT2D eigenvalue weighted by molar-refractivity contribution is -0.145. The van der Waals surface area contributed by atoms with Crippen molar-refractivity contribution in [1.29, 1.82) is 0 Å². The number of nitrogens with one attached hydrogen (secondary N) is 1. The zero-order valence-electron chi connectivity index (χ0n) is 12.2. The molecule has 0 aliphatic heterocycles. The second kappa shape index (κ2) is 7.40. The lowest BCUT2D eigenvalue weighted by atomic mass is 9.93. The summed E-state index contributed by atoms with van der Waals surface area (Å²) in [5.74, 6) is -1.01. The Morgan fingerprint density at radius 2 is 2.05 bits per heavy atom. The van der Waals surface area contributed by atoms with Crippen LogP contribution in [-0.2, 0) is 16.1 Å². The van der Waals surface area contributed by atoms with Crippen molar-refractivity contribution in [3.63, 3.8) is 0 Å². The van der Waals surface area contributed by atoms with E-state index in [1.807, 2.05) is 31.4 Å². The maximum Gasteiger partial charge on any atom is 0.323 e. The van der Waals surface area contributed by atoms with E-state index in [0.29, 0.717) is 19.4 Å². The van der Waals surface area contributed by atoms with E-state index in [-0.39, 0.29) is 12.5 Å². The van der Waals surface area contributed by atoms with E-state index >= 15 is 0 Å². The first-order chi connectivity index (χ1) is 9.45. The molecular formula is C14H22N2O3S. The molecule has 1 rings (SSSR count). The highest BCUT2D eigenvalue weighted by Gasteiger charge is 2.34. The predicted octanol–water partition coefficient (Wildman–Crippen LogP) is 1.94. The monoisotopic (exact) mass is 298 g/mol. The summed E-state index contributed by atoms with van der Waals surface area (Å²) in [7, 11) is 1.73. The molecule has 1 aromatic rings. The average Bonchev–Trinajstić information content (AvgIpc) is 2.92. The SMILES string of the molecule is CCC(CC)(NCC(=O)N(C)Cc1cccs1)C(=O)O. The number of aliphatic carboxylic acids is 1. The smallest absolute Gasteiger partial charge is 0.323 e. The molecule has 0 bridgehead atoms. The van der Waals surface area contributed by atoms with Crippen LogP contribution in [0.2, 0.25) is 0 Å². The van der Waals surface area contributed by atoms with Crippen molar-refractivity contribution < 1.29 is 14.7 Å². The quantitative estimate of drug-likeness (QED) is 0.769. The van der Waals surface area contributed by atoms with Gasteiger partial charge in [0.15, 0.2) is 0 Å². The first-order valence-electron chi connectivity index (χ1n) is 6.70. The van der Waals surface area contributed by atoms with Crippen LogP contribution in [0, 0.1) is 0 Å². The molecule has 1 aromatic heterocycles. The number of carboxylic acid groups (broad SMARTS) is 1. The van der Waals surface area contributed by atoms with Crippen LogP contribution in [0.3, 0.4) is 0 Å². The zero-order valence-corrected chi connectivity index (χ0v) is 13.0. The summed E-state index contributed by atoms with van der Waals surface area (Å²) in [5.41, 5.74) is -1.01. The number of amides is 1. The van der Waals surface area contributed by atoms with Crippen molar-refractivity contribution in [2.75, 3.05) is 13.6 Å². The van der Waals surface area contributed by atoms with E-state index in [4.69, 9.17) is 0 Å². The van der Waals surface area contributed by atoms with E-state index in [2.05, 4.69) is 5.32 Å². The standard InChI is InChI=1S/C14H22N2O3S/c1-4-14(5-2,13(18)19)15-9-12(17)16(3)10-11-7-6-8-20-11/h6-8,15H,4-5,9-10H2,1-3H3,(H,18,19). The van der Waals surface area contributed by atoms with Gasteiger partial charge in [0.05, 0.1) is 13.1 Å². The molecule has 5 nitrogen and oxygen atoms in total. The van der Waals surface area contributed by atoms with Gasteiger partial charge >= 0.3 is 5.97 Å². The zero-order chi connectivity index (χ0) is 15.2. The van der Waals surface area contributed by atoms with Gasteiger partial charge in [-0.3, -0.25) is 14.9 Å². The van der Waals surface area contributed by atoms with Gasteiger partial charge in [-0.25, -0.2) is 0 Å². The molecule has 0 saturated carbocycles. The summed E-state index contributed by atoms with van der Waals surface area (Å²) >= 11 is 1.60. The largest absolute Gasteiger partial charge is 0.480 e. The first kappa shape index (κ1) is 16.7. The Morgan fingerprint density at radius 1 is 1.40 bits per heavy atom. The summed E-state index contributed by atoms with van der Waals surface area (Å²) in [6.07, 6.45) is 0.890. The third-order valence-corrected chi connectivity index (χ3v) is 4.45. The molecule has 0 unspecified atom stereocenters. The van der Waals surface area contributed by atoms with E-state index in [1.54, 1.807) is 23.3 Å². The summed E-state index contributed by atoms with van der Waals surface area (Å²) < 4.78 is 0. The van der Waals surface area contributed by atoms with Gasteiger partial charge in [0.2, 0.25) is 5.91 Å². The second-order valence-corrected chi connectivity index (χ2v) is 5.81. The van der Waals surface area contributed by atoms with Crippen LogP contribution in [0.4, 0.5) is 0 Å². The maximum atomic E-state index is 12.0. The molecule has 6 heteroatoms. The molecule has 0 aromatic carbocycles. The van der Waals surface area contributed by atoms with Crippen LogP contribution < -0.4 is 5.32 Å². The minimum Gasteiger partial charge on any atom is -0.480 e. The van der Waals surface area contributed by atoms with Gasteiger partial charge in [-0.15, -0.1) is 11.3 Å². The highest BCUT2D eigenvalue weighted by atomic mass is 32.1. The third-order valence-electron chi connectivity index (χ3n) is 3.59. The van der Waals surface area contributed by atoms with Crippen LogP contribution in [0.25, 0.3) is 0 Å². The van der Waals surface area contributed by atoms with Gasteiger partial charge in [-0.1, -0.05) is 19.9 Å². The lowest BCUT2D eigenvalue weighted by Crippen LogP contribution is -2.54. The van der Waals surface area contributed by atoms with Gasteiger partial charge in [0, 0.05) is 11.9 Å². The molecule has 0 fully saturated rings. The number of carbonyl (C=O) groups is 2. The van der Waals surface area contributed by atoms with Crippen LogP contribution in [0.5, 0.6) is 0 Å². The molecule has 20 heavy (non-hydrogen) atoms. The fourth-order valence-corrected chi connectivity index (χ4v) is 2.74. The number of carboxylic acids is 1. The predicted molar refractivity (Wildman–Crippen MR) is 79.7 cm³/mol. The highest BCUT2D eigenvalue weighted by Crippen LogP contribution is 2.15. The summed E-state index contributed by atoms with van der Waals surface area (Å²) in [5, 5.41) is 14.2. The molecule has 2 N–H and O–H groups in total. The fourth-order valence-electron chi connectivity index (χ4n) is 1.98. The van der Waals surface area contributed by atoms with E-state index in [1.165, 1.54) is 0 Å². The summed E-state index contributed by atoms with van der Waals surface area (Å²) in [6.45, 7) is 4.21. The summed E-state index contributed by atoms with van der Waals surface area (Å²) in [6, 6.07) is 3.92. The molecule has 0 aliphatic rings. The van der Waals surface area contributed by atoms with E-state index < -0.39 is 11.5 Å². The van der Waals surface area contributed by atoms with Crippen molar-refractivity contribution in [3.8, 4) is 0 Å². The van der Waals surface area contributed by atoms with Crippen LogP contribution in [0.15, 0.2) is 17.5 Å². The molecule has 112 valence electrons. The van der Waals surface area contributed by atoms with Crippen LogP contribution in [-0.4, -0.2) is 41.0 Å². The number of likely N-dealkylation sites (N-methyl/N-ethyl adjacent to an activating group) is 1. The molecule has 0 atom stereocenters. The van der Waals surface area contributed by atoms with Crippen molar-refractivity contribution in [2.24, 2.45) is 0 Å². The van der Waals surface area contributed by atoms with Gasteiger partial charge in [-0.05, 0) is 24.3 Å². The number of hydrogen-bond donors (Lipinski definition) is 2. The van der Waals surface area contributed by atoms with Gasteiger partial charge in [0.1, 0.15) is 5.54 Å². The number of rotatable bonds is 8. The van der Waals surface area contributed by atoms with Crippen molar-refractivity contribution in [1.82, 2.24) is 10.2 Å². The topological polar surface area (TPSA) is 69.6 Å². The fraction of sp³-hybridized carbons (Fsp3) is 0.571. The first-order valence-corrected chi connectivity index (χ1v) is 7.58. The van der Waals surface area contributed by atoms with Gasteiger partial charge in [0.25, 0.3) is 0 Å². The van der Waals surface area contributed by atoms with Crippen molar-refractivity contribution in [2.45, 2.75) is 38.8 Å². The molecule has 1 heterocycles. The Morgan fingerprint density at radius 3 is 2.50 bits per heavy atom. The Balaban J connectivity index is 2.55. The Kier molecular flexibility index (Phi) is 6.16. The highest BCUT2D eigenvalue weighted by molar-refractivity contribution is 7.09. The van der Waals surface area contributed by atoms with E-state index in [0.717, 1.165) is 4.88 Å². The molecular weight excluding hydrogens is 276 g/mol. The Hall–Kier alpha value is -1.40. The second-order valence-electron chi connectivity index (χ2n) is 4.78. The number of hydrogen-bond acceptors (Lipinski definition) is 4. The number of carbonyl (C=O) groups excluding carboxylic acids is 1. The minimum atomic E-state index is -1.01. The molecule has 0 aliphatic carbocycles. The van der Waals surface area contributed by atoms with Gasteiger partial charge in [-0.2, -0.15) is 0 Å².